The summed E-state index contributed by atoms with van der Waals surface area (Å²) in [5.41, 5.74) is 8.50. The molecular formula is C16H17ClN2OS. The van der Waals surface area contributed by atoms with Gasteiger partial charge in [0.15, 0.2) is 0 Å². The molecule has 5 heteroatoms. The maximum atomic E-state index is 11.9. The van der Waals surface area contributed by atoms with Gasteiger partial charge in [-0.15, -0.1) is 11.8 Å². The molecular weight excluding hydrogens is 304 g/mol. The van der Waals surface area contributed by atoms with Crippen molar-refractivity contribution in [2.45, 2.75) is 18.4 Å². The summed E-state index contributed by atoms with van der Waals surface area (Å²) in [7, 11) is 0. The number of carbonyl (C=O) groups excluding carboxylic acids is 1. The van der Waals surface area contributed by atoms with Crippen LogP contribution in [0, 0.1) is 6.92 Å². The van der Waals surface area contributed by atoms with Crippen molar-refractivity contribution >= 4 is 35.0 Å². The normalized spacial score (nSPS) is 10.4. The maximum absolute atomic E-state index is 11.9. The number of rotatable bonds is 5. The largest absolute Gasteiger partial charge is 0.399 e. The maximum Gasteiger partial charge on any atom is 0.230 e. The van der Waals surface area contributed by atoms with E-state index in [-0.39, 0.29) is 5.91 Å². The number of aryl methyl sites for hydroxylation is 1. The van der Waals surface area contributed by atoms with Crippen LogP contribution in [-0.4, -0.2) is 11.7 Å². The van der Waals surface area contributed by atoms with Gasteiger partial charge in [-0.3, -0.25) is 4.79 Å². The van der Waals surface area contributed by atoms with Crippen LogP contribution in [0.15, 0.2) is 47.4 Å². The highest BCUT2D eigenvalue weighted by molar-refractivity contribution is 8.00. The number of halogens is 1. The fourth-order valence-corrected chi connectivity index (χ4v) is 2.91. The van der Waals surface area contributed by atoms with E-state index in [0.717, 1.165) is 16.0 Å². The Hall–Kier alpha value is -1.65. The molecule has 0 fully saturated rings. The zero-order chi connectivity index (χ0) is 15.2. The molecule has 0 unspecified atom stereocenters. The molecule has 3 N–H and O–H groups in total. The second-order valence-electron chi connectivity index (χ2n) is 4.68. The Balaban J connectivity index is 1.85. The van der Waals surface area contributed by atoms with Crippen LogP contribution in [0.3, 0.4) is 0 Å². The van der Waals surface area contributed by atoms with Gasteiger partial charge in [0.25, 0.3) is 0 Å². The first-order valence-corrected chi connectivity index (χ1v) is 7.91. The van der Waals surface area contributed by atoms with Gasteiger partial charge < -0.3 is 11.1 Å². The predicted molar refractivity (Wildman–Crippen MR) is 89.6 cm³/mol. The molecule has 0 aliphatic rings. The summed E-state index contributed by atoms with van der Waals surface area (Å²) in [6.45, 7) is 2.44. The topological polar surface area (TPSA) is 55.1 Å². The first-order chi connectivity index (χ1) is 10.1. The van der Waals surface area contributed by atoms with E-state index in [1.807, 2.05) is 49.4 Å². The van der Waals surface area contributed by atoms with E-state index in [4.69, 9.17) is 17.3 Å². The van der Waals surface area contributed by atoms with E-state index in [0.29, 0.717) is 23.0 Å². The third-order valence-electron chi connectivity index (χ3n) is 3.00. The molecule has 0 radical (unpaired) electrons. The third kappa shape index (κ3) is 4.69. The minimum Gasteiger partial charge on any atom is -0.399 e. The molecule has 0 heterocycles. The number of nitrogen functional groups attached to an aromatic ring is 1. The average Bonchev–Trinajstić information content (AvgIpc) is 2.47. The number of nitrogens with one attached hydrogen (secondary N) is 1. The number of carbonyl (C=O) groups is 1. The molecule has 21 heavy (non-hydrogen) atoms. The highest BCUT2D eigenvalue weighted by Gasteiger charge is 2.06. The van der Waals surface area contributed by atoms with Crippen molar-refractivity contribution in [1.29, 1.82) is 0 Å². The van der Waals surface area contributed by atoms with Gasteiger partial charge in [-0.05, 0) is 36.2 Å². The summed E-state index contributed by atoms with van der Waals surface area (Å²) in [5, 5.41) is 3.53. The van der Waals surface area contributed by atoms with Crippen LogP contribution in [0.4, 0.5) is 5.69 Å². The standard InChI is InChI=1S/C16H17ClN2OS/c1-11-6-7-13(18)8-15(11)21-10-16(20)19-9-12-4-2-3-5-14(12)17/h2-8H,9-10,18H2,1H3,(H,19,20). The SMILES string of the molecule is Cc1ccc(N)cc1SCC(=O)NCc1ccccc1Cl. The summed E-state index contributed by atoms with van der Waals surface area (Å²) >= 11 is 7.53. The van der Waals surface area contributed by atoms with E-state index in [1.165, 1.54) is 11.8 Å². The van der Waals surface area contributed by atoms with Gasteiger partial charge in [-0.2, -0.15) is 0 Å². The molecule has 0 saturated carbocycles. The van der Waals surface area contributed by atoms with Crippen LogP contribution in [0.1, 0.15) is 11.1 Å². The number of benzene rings is 2. The Morgan fingerprint density at radius 2 is 2.05 bits per heavy atom. The summed E-state index contributed by atoms with van der Waals surface area (Å²) in [4.78, 5) is 12.9. The molecule has 2 aromatic carbocycles. The van der Waals surface area contributed by atoms with E-state index < -0.39 is 0 Å². The van der Waals surface area contributed by atoms with Crippen LogP contribution in [-0.2, 0) is 11.3 Å². The lowest BCUT2D eigenvalue weighted by Crippen LogP contribution is -2.24. The zero-order valence-corrected chi connectivity index (χ0v) is 13.3. The first kappa shape index (κ1) is 15.7. The zero-order valence-electron chi connectivity index (χ0n) is 11.7. The van der Waals surface area contributed by atoms with Crippen molar-refractivity contribution < 1.29 is 4.79 Å². The number of nitrogens with two attached hydrogens (primary N) is 1. The van der Waals surface area contributed by atoms with Crippen molar-refractivity contribution in [2.75, 3.05) is 11.5 Å². The van der Waals surface area contributed by atoms with Crippen LogP contribution in [0.2, 0.25) is 5.02 Å². The number of hydrogen-bond donors (Lipinski definition) is 2. The van der Waals surface area contributed by atoms with Gasteiger partial charge >= 0.3 is 0 Å². The number of thioether (sulfide) groups is 1. The molecule has 0 aliphatic heterocycles. The van der Waals surface area contributed by atoms with Crippen molar-refractivity contribution in [1.82, 2.24) is 5.32 Å². The average molecular weight is 321 g/mol. The molecule has 0 bridgehead atoms. The van der Waals surface area contributed by atoms with Crippen LogP contribution in [0.25, 0.3) is 0 Å². The van der Waals surface area contributed by atoms with Gasteiger partial charge in [0.1, 0.15) is 0 Å². The Bertz CT molecular complexity index is 646. The van der Waals surface area contributed by atoms with Gasteiger partial charge in [0, 0.05) is 22.2 Å². The summed E-state index contributed by atoms with van der Waals surface area (Å²) in [6, 6.07) is 13.2. The summed E-state index contributed by atoms with van der Waals surface area (Å²) in [6.07, 6.45) is 0. The fourth-order valence-electron chi connectivity index (χ4n) is 1.80. The Kier molecular flexibility index (Phi) is 5.53. The number of anilines is 1. The van der Waals surface area contributed by atoms with Crippen molar-refractivity contribution in [3.8, 4) is 0 Å². The highest BCUT2D eigenvalue weighted by Crippen LogP contribution is 2.24. The van der Waals surface area contributed by atoms with Crippen molar-refractivity contribution in [3.05, 3.63) is 58.6 Å². The molecule has 2 aromatic rings. The Labute approximate surface area is 133 Å². The fraction of sp³-hybridized carbons (Fsp3) is 0.188. The van der Waals surface area contributed by atoms with E-state index in [1.54, 1.807) is 0 Å². The Morgan fingerprint density at radius 1 is 1.29 bits per heavy atom. The van der Waals surface area contributed by atoms with Gasteiger partial charge in [-0.25, -0.2) is 0 Å². The Morgan fingerprint density at radius 3 is 2.81 bits per heavy atom. The van der Waals surface area contributed by atoms with Gasteiger partial charge in [-0.1, -0.05) is 35.9 Å². The van der Waals surface area contributed by atoms with E-state index in [9.17, 15) is 4.79 Å². The minimum absolute atomic E-state index is 0.0262. The molecule has 0 spiro atoms. The predicted octanol–water partition coefficient (Wildman–Crippen LogP) is 3.64. The number of hydrogen-bond acceptors (Lipinski definition) is 3. The van der Waals surface area contributed by atoms with E-state index >= 15 is 0 Å². The van der Waals surface area contributed by atoms with Crippen LogP contribution in [0.5, 0.6) is 0 Å². The third-order valence-corrected chi connectivity index (χ3v) is 4.53. The molecule has 3 nitrogen and oxygen atoms in total. The quantitative estimate of drug-likeness (QED) is 0.653. The summed E-state index contributed by atoms with van der Waals surface area (Å²) < 4.78 is 0. The summed E-state index contributed by atoms with van der Waals surface area (Å²) in [5.74, 6) is 0.330. The van der Waals surface area contributed by atoms with Crippen LogP contribution < -0.4 is 11.1 Å². The molecule has 2 rings (SSSR count). The van der Waals surface area contributed by atoms with Gasteiger partial charge in [0.05, 0.1) is 5.75 Å². The molecule has 0 atom stereocenters. The lowest BCUT2D eigenvalue weighted by molar-refractivity contribution is -0.118. The minimum atomic E-state index is -0.0262. The van der Waals surface area contributed by atoms with Gasteiger partial charge in [0.2, 0.25) is 5.91 Å². The molecule has 1 amide bonds. The smallest absolute Gasteiger partial charge is 0.230 e. The second kappa shape index (κ2) is 7.38. The van der Waals surface area contributed by atoms with Crippen LogP contribution >= 0.6 is 23.4 Å². The molecule has 0 aromatic heterocycles. The van der Waals surface area contributed by atoms with E-state index in [2.05, 4.69) is 5.32 Å². The van der Waals surface area contributed by atoms with Crippen molar-refractivity contribution in [3.63, 3.8) is 0 Å². The second-order valence-corrected chi connectivity index (χ2v) is 6.11. The monoisotopic (exact) mass is 320 g/mol. The van der Waals surface area contributed by atoms with Crippen molar-refractivity contribution in [2.24, 2.45) is 0 Å². The highest BCUT2D eigenvalue weighted by atomic mass is 35.5. The molecule has 0 saturated heterocycles. The lowest BCUT2D eigenvalue weighted by atomic mass is 10.2. The molecule has 0 aliphatic carbocycles. The number of amides is 1. The molecule has 110 valence electrons. The first-order valence-electron chi connectivity index (χ1n) is 6.55. The lowest BCUT2D eigenvalue weighted by Gasteiger charge is -2.08.